The SMILES string of the molecule is COc1ccc(CC(=O)Nc2ccc3nc(-c4ccccc4)cc(OC)c3c2)cc1OC. The molecule has 0 saturated carbocycles. The Morgan fingerprint density at radius 3 is 2.28 bits per heavy atom. The maximum Gasteiger partial charge on any atom is 0.228 e. The molecule has 1 aromatic heterocycles. The molecule has 1 heterocycles. The number of amides is 1. The first-order chi connectivity index (χ1) is 15.6. The Kier molecular flexibility index (Phi) is 6.22. The van der Waals surface area contributed by atoms with Gasteiger partial charge in [-0.15, -0.1) is 0 Å². The van der Waals surface area contributed by atoms with Gasteiger partial charge in [0, 0.05) is 22.7 Å². The fourth-order valence-corrected chi connectivity index (χ4v) is 3.58. The van der Waals surface area contributed by atoms with Crippen LogP contribution in [0.3, 0.4) is 0 Å². The third-order valence-corrected chi connectivity index (χ3v) is 5.16. The van der Waals surface area contributed by atoms with Gasteiger partial charge in [0.2, 0.25) is 5.91 Å². The number of aromatic nitrogens is 1. The van der Waals surface area contributed by atoms with Crippen LogP contribution < -0.4 is 19.5 Å². The molecule has 0 fully saturated rings. The first-order valence-corrected chi connectivity index (χ1v) is 10.2. The summed E-state index contributed by atoms with van der Waals surface area (Å²) in [5.41, 5.74) is 4.14. The number of rotatable bonds is 7. The Morgan fingerprint density at radius 2 is 1.56 bits per heavy atom. The lowest BCUT2D eigenvalue weighted by Gasteiger charge is -2.12. The van der Waals surface area contributed by atoms with E-state index in [1.54, 1.807) is 33.5 Å². The van der Waals surface area contributed by atoms with E-state index < -0.39 is 0 Å². The van der Waals surface area contributed by atoms with Gasteiger partial charge in [0.25, 0.3) is 0 Å². The van der Waals surface area contributed by atoms with Crippen LogP contribution in [0.4, 0.5) is 5.69 Å². The standard InChI is InChI=1S/C26H24N2O4/c1-30-23-12-9-17(13-25(23)32-3)14-26(29)27-19-10-11-21-20(15-19)24(31-2)16-22(28-21)18-7-5-4-6-8-18/h4-13,15-16H,14H2,1-3H3,(H,27,29). The van der Waals surface area contributed by atoms with Crippen molar-refractivity contribution in [3.63, 3.8) is 0 Å². The first-order valence-electron chi connectivity index (χ1n) is 10.2. The summed E-state index contributed by atoms with van der Waals surface area (Å²) < 4.78 is 16.2. The van der Waals surface area contributed by atoms with Crippen molar-refractivity contribution in [2.45, 2.75) is 6.42 Å². The summed E-state index contributed by atoms with van der Waals surface area (Å²) in [5.74, 6) is 1.78. The van der Waals surface area contributed by atoms with Crippen molar-refractivity contribution in [2.24, 2.45) is 0 Å². The predicted molar refractivity (Wildman–Crippen MR) is 126 cm³/mol. The second-order valence-electron chi connectivity index (χ2n) is 7.22. The van der Waals surface area contributed by atoms with E-state index in [4.69, 9.17) is 19.2 Å². The van der Waals surface area contributed by atoms with Crippen LogP contribution in [-0.2, 0) is 11.2 Å². The maximum absolute atomic E-state index is 12.6. The third-order valence-electron chi connectivity index (χ3n) is 5.16. The molecule has 0 bridgehead atoms. The number of pyridine rings is 1. The summed E-state index contributed by atoms with van der Waals surface area (Å²) in [5, 5.41) is 3.78. The molecule has 6 nitrogen and oxygen atoms in total. The second kappa shape index (κ2) is 9.39. The quantitative estimate of drug-likeness (QED) is 0.443. The molecule has 0 aliphatic rings. The molecule has 0 saturated heterocycles. The van der Waals surface area contributed by atoms with E-state index in [-0.39, 0.29) is 12.3 Å². The number of fused-ring (bicyclic) bond motifs is 1. The van der Waals surface area contributed by atoms with E-state index >= 15 is 0 Å². The van der Waals surface area contributed by atoms with Crippen molar-refractivity contribution in [1.29, 1.82) is 0 Å². The van der Waals surface area contributed by atoms with Gasteiger partial charge in [0.15, 0.2) is 11.5 Å². The lowest BCUT2D eigenvalue weighted by Crippen LogP contribution is -2.14. The van der Waals surface area contributed by atoms with Crippen LogP contribution in [-0.4, -0.2) is 32.2 Å². The summed E-state index contributed by atoms with van der Waals surface area (Å²) in [6.07, 6.45) is 0.209. The Balaban J connectivity index is 1.56. The minimum absolute atomic E-state index is 0.135. The summed E-state index contributed by atoms with van der Waals surface area (Å²) in [6.45, 7) is 0. The average Bonchev–Trinajstić information content (AvgIpc) is 2.83. The first kappa shape index (κ1) is 21.2. The summed E-state index contributed by atoms with van der Waals surface area (Å²) in [7, 11) is 4.78. The highest BCUT2D eigenvalue weighted by molar-refractivity contribution is 5.96. The monoisotopic (exact) mass is 428 g/mol. The number of benzene rings is 3. The Labute approximate surface area is 186 Å². The molecule has 1 N–H and O–H groups in total. The molecule has 0 atom stereocenters. The van der Waals surface area contributed by atoms with E-state index in [1.807, 2.05) is 60.7 Å². The molecule has 162 valence electrons. The zero-order chi connectivity index (χ0) is 22.5. The van der Waals surface area contributed by atoms with Crippen molar-refractivity contribution in [2.75, 3.05) is 26.6 Å². The van der Waals surface area contributed by atoms with Gasteiger partial charge in [-0.05, 0) is 35.9 Å². The number of hydrogen-bond donors (Lipinski definition) is 1. The average molecular weight is 428 g/mol. The topological polar surface area (TPSA) is 69.7 Å². The van der Waals surface area contributed by atoms with Crippen LogP contribution >= 0.6 is 0 Å². The van der Waals surface area contributed by atoms with Crippen molar-refractivity contribution in [1.82, 2.24) is 4.98 Å². The molecule has 0 unspecified atom stereocenters. The lowest BCUT2D eigenvalue weighted by atomic mass is 10.1. The fraction of sp³-hybridized carbons (Fsp3) is 0.154. The highest BCUT2D eigenvalue weighted by Crippen LogP contribution is 2.32. The van der Waals surface area contributed by atoms with E-state index in [2.05, 4.69) is 5.32 Å². The minimum atomic E-state index is -0.135. The van der Waals surface area contributed by atoms with Crippen LogP contribution in [0.15, 0.2) is 72.8 Å². The summed E-state index contributed by atoms with van der Waals surface area (Å²) >= 11 is 0. The number of anilines is 1. The van der Waals surface area contributed by atoms with Crippen LogP contribution in [0, 0.1) is 0 Å². The Morgan fingerprint density at radius 1 is 0.812 bits per heavy atom. The number of hydrogen-bond acceptors (Lipinski definition) is 5. The summed E-state index contributed by atoms with van der Waals surface area (Å²) in [6, 6.07) is 22.9. The molecule has 4 aromatic rings. The molecule has 3 aromatic carbocycles. The van der Waals surface area contributed by atoms with Crippen molar-refractivity contribution < 1.29 is 19.0 Å². The number of methoxy groups -OCH3 is 3. The minimum Gasteiger partial charge on any atom is -0.496 e. The van der Waals surface area contributed by atoms with Crippen LogP contribution in [0.5, 0.6) is 17.2 Å². The van der Waals surface area contributed by atoms with Crippen molar-refractivity contribution >= 4 is 22.5 Å². The van der Waals surface area contributed by atoms with Gasteiger partial charge in [-0.2, -0.15) is 0 Å². The van der Waals surface area contributed by atoms with Crippen LogP contribution in [0.1, 0.15) is 5.56 Å². The number of nitrogens with one attached hydrogen (secondary N) is 1. The number of carbonyl (C=O) groups excluding carboxylic acids is 1. The maximum atomic E-state index is 12.6. The smallest absolute Gasteiger partial charge is 0.228 e. The van der Waals surface area contributed by atoms with Crippen molar-refractivity contribution in [3.8, 4) is 28.5 Å². The third kappa shape index (κ3) is 4.49. The zero-order valence-corrected chi connectivity index (χ0v) is 18.2. The Hall–Kier alpha value is -4.06. The van der Waals surface area contributed by atoms with Crippen LogP contribution in [0.25, 0.3) is 22.2 Å². The van der Waals surface area contributed by atoms with Gasteiger partial charge in [0.1, 0.15) is 5.75 Å². The van der Waals surface area contributed by atoms with Gasteiger partial charge in [-0.1, -0.05) is 36.4 Å². The highest BCUT2D eigenvalue weighted by atomic mass is 16.5. The molecule has 6 heteroatoms. The molecule has 4 rings (SSSR count). The van der Waals surface area contributed by atoms with Gasteiger partial charge in [-0.3, -0.25) is 4.79 Å². The van der Waals surface area contributed by atoms with Crippen LogP contribution in [0.2, 0.25) is 0 Å². The van der Waals surface area contributed by atoms with Gasteiger partial charge >= 0.3 is 0 Å². The molecule has 0 aliphatic carbocycles. The second-order valence-corrected chi connectivity index (χ2v) is 7.22. The van der Waals surface area contributed by atoms with E-state index in [0.717, 1.165) is 27.7 Å². The molecule has 0 radical (unpaired) electrons. The molecule has 32 heavy (non-hydrogen) atoms. The van der Waals surface area contributed by atoms with Crippen molar-refractivity contribution in [3.05, 3.63) is 78.4 Å². The highest BCUT2D eigenvalue weighted by Gasteiger charge is 2.12. The summed E-state index contributed by atoms with van der Waals surface area (Å²) in [4.78, 5) is 17.4. The van der Waals surface area contributed by atoms with Gasteiger partial charge in [0.05, 0.1) is 39.0 Å². The fourth-order valence-electron chi connectivity index (χ4n) is 3.58. The van der Waals surface area contributed by atoms with E-state index in [0.29, 0.717) is 22.9 Å². The number of nitrogens with zero attached hydrogens (tertiary/aromatic N) is 1. The molecular weight excluding hydrogens is 404 g/mol. The molecular formula is C26H24N2O4. The largest absolute Gasteiger partial charge is 0.496 e. The molecule has 0 spiro atoms. The number of carbonyl (C=O) groups is 1. The lowest BCUT2D eigenvalue weighted by molar-refractivity contribution is -0.115. The Bertz CT molecular complexity index is 1260. The zero-order valence-electron chi connectivity index (χ0n) is 18.2. The predicted octanol–water partition coefficient (Wildman–Crippen LogP) is 5.11. The molecule has 0 aliphatic heterocycles. The molecule has 1 amide bonds. The van der Waals surface area contributed by atoms with Gasteiger partial charge in [-0.25, -0.2) is 4.98 Å². The number of ether oxygens (including phenoxy) is 3. The van der Waals surface area contributed by atoms with E-state index in [9.17, 15) is 4.79 Å². The normalized spacial score (nSPS) is 10.6. The van der Waals surface area contributed by atoms with E-state index in [1.165, 1.54) is 0 Å². The van der Waals surface area contributed by atoms with Gasteiger partial charge < -0.3 is 19.5 Å².